The van der Waals surface area contributed by atoms with Crippen LogP contribution < -0.4 is 10.6 Å². The van der Waals surface area contributed by atoms with Crippen LogP contribution in [-0.2, 0) is 29.0 Å². The standard InChI is InChI=1S/C27H31ClN2OS.C4H6O6/c1-27(2,3)16-23(31)25-11-10-24(32-25)20-6-4-18(5-7-20)17-30-26-21-13-15-29-14-12-19(21)8-9-22(26)28;5-1(3(7)8)2(6)4(9)10/h4-11,29-30H,12-17H2,1-3H3;1-2,5-6H,(H,7,8)(H,9,10)/t;1-,2-/m.1/s1. The van der Waals surface area contributed by atoms with Crippen LogP contribution in [0.5, 0.6) is 0 Å². The van der Waals surface area contributed by atoms with Crippen molar-refractivity contribution >= 4 is 46.3 Å². The normalized spacial score (nSPS) is 14.4. The number of benzene rings is 2. The molecule has 3 aromatic rings. The van der Waals surface area contributed by atoms with Crippen molar-refractivity contribution in [1.82, 2.24) is 5.32 Å². The average molecular weight is 617 g/mol. The van der Waals surface area contributed by atoms with Crippen molar-refractivity contribution in [1.29, 1.82) is 0 Å². The zero-order valence-electron chi connectivity index (χ0n) is 23.8. The van der Waals surface area contributed by atoms with E-state index in [1.54, 1.807) is 11.3 Å². The van der Waals surface area contributed by atoms with E-state index in [4.69, 9.17) is 32.0 Å². The molecule has 4 rings (SSSR count). The third-order valence-corrected chi connectivity index (χ3v) is 8.06. The minimum absolute atomic E-state index is 0.00637. The number of ketones is 1. The highest BCUT2D eigenvalue weighted by molar-refractivity contribution is 7.17. The van der Waals surface area contributed by atoms with E-state index < -0.39 is 24.1 Å². The monoisotopic (exact) mass is 616 g/mol. The number of aliphatic hydroxyl groups is 2. The van der Waals surface area contributed by atoms with Crippen molar-refractivity contribution in [2.24, 2.45) is 5.41 Å². The number of halogens is 1. The Kier molecular flexibility index (Phi) is 11.7. The van der Waals surface area contributed by atoms with Crippen LogP contribution in [-0.4, -0.2) is 63.4 Å². The van der Waals surface area contributed by atoms with Gasteiger partial charge in [-0.15, -0.1) is 11.3 Å². The summed E-state index contributed by atoms with van der Waals surface area (Å²) in [5.41, 5.74) is 6.14. The van der Waals surface area contributed by atoms with Crippen molar-refractivity contribution in [2.75, 3.05) is 18.4 Å². The van der Waals surface area contributed by atoms with E-state index in [1.807, 2.05) is 12.1 Å². The molecule has 0 bridgehead atoms. The van der Waals surface area contributed by atoms with Gasteiger partial charge in [0.15, 0.2) is 18.0 Å². The maximum atomic E-state index is 12.5. The SMILES string of the molecule is CC(C)(C)CC(=O)c1ccc(-c2ccc(CNc3c(Cl)ccc4c3CCNCC4)cc2)s1.O=C(O)[C@H](O)[C@@H](O)C(=O)O. The van der Waals surface area contributed by atoms with Gasteiger partial charge in [-0.05, 0) is 71.8 Å². The lowest BCUT2D eigenvalue weighted by Gasteiger charge is -2.16. The van der Waals surface area contributed by atoms with Crippen LogP contribution in [0.3, 0.4) is 0 Å². The summed E-state index contributed by atoms with van der Waals surface area (Å²) >= 11 is 8.13. The van der Waals surface area contributed by atoms with E-state index in [-0.39, 0.29) is 11.2 Å². The Hall–Kier alpha value is -3.28. The molecule has 2 heterocycles. The average Bonchev–Trinajstić information content (AvgIpc) is 3.31. The number of carbonyl (C=O) groups excluding carboxylic acids is 1. The number of rotatable bonds is 9. The number of hydrogen-bond donors (Lipinski definition) is 6. The molecule has 2 atom stereocenters. The van der Waals surface area contributed by atoms with E-state index >= 15 is 0 Å². The van der Waals surface area contributed by atoms with Crippen LogP contribution in [0.25, 0.3) is 10.4 Å². The molecular weight excluding hydrogens is 580 g/mol. The molecular formula is C31H37ClN2O7S. The van der Waals surface area contributed by atoms with Crippen LogP contribution in [0.15, 0.2) is 48.5 Å². The molecule has 11 heteroatoms. The molecule has 226 valence electrons. The second-order valence-corrected chi connectivity index (χ2v) is 12.7. The van der Waals surface area contributed by atoms with E-state index in [0.717, 1.165) is 58.5 Å². The van der Waals surface area contributed by atoms with Crippen LogP contribution in [0, 0.1) is 5.41 Å². The van der Waals surface area contributed by atoms with E-state index in [2.05, 4.69) is 67.8 Å². The Morgan fingerprint density at radius 2 is 1.55 bits per heavy atom. The van der Waals surface area contributed by atoms with Crippen molar-refractivity contribution in [3.63, 3.8) is 0 Å². The summed E-state index contributed by atoms with van der Waals surface area (Å²) in [6, 6.07) is 16.8. The Balaban J connectivity index is 0.000000416. The quantitative estimate of drug-likeness (QED) is 0.185. The Labute approximate surface area is 254 Å². The fourth-order valence-corrected chi connectivity index (χ4v) is 5.59. The fraction of sp³-hybridized carbons (Fsp3) is 0.387. The number of carboxylic acids is 2. The maximum Gasteiger partial charge on any atom is 0.335 e. The predicted molar refractivity (Wildman–Crippen MR) is 164 cm³/mol. The zero-order chi connectivity index (χ0) is 31.0. The number of carbonyl (C=O) groups is 3. The predicted octanol–water partition coefficient (Wildman–Crippen LogP) is 4.87. The molecule has 2 aromatic carbocycles. The summed E-state index contributed by atoms with van der Waals surface area (Å²) < 4.78 is 0. The number of aliphatic hydroxyl groups excluding tert-OH is 2. The smallest absolute Gasteiger partial charge is 0.335 e. The van der Waals surface area contributed by atoms with Crippen LogP contribution >= 0.6 is 22.9 Å². The molecule has 0 unspecified atom stereocenters. The van der Waals surface area contributed by atoms with Crippen molar-refractivity contribution in [2.45, 2.75) is 58.8 Å². The zero-order valence-corrected chi connectivity index (χ0v) is 25.4. The molecule has 0 radical (unpaired) electrons. The Morgan fingerprint density at radius 1 is 0.929 bits per heavy atom. The summed E-state index contributed by atoms with van der Waals surface area (Å²) in [5.74, 6) is -3.31. The van der Waals surface area contributed by atoms with Crippen LogP contribution in [0.4, 0.5) is 5.69 Å². The summed E-state index contributed by atoms with van der Waals surface area (Å²) in [6.07, 6.45) is -1.93. The van der Waals surface area contributed by atoms with Crippen molar-refractivity contribution in [3.05, 3.63) is 75.1 Å². The molecule has 9 nitrogen and oxygen atoms in total. The third-order valence-electron chi connectivity index (χ3n) is 6.57. The Bertz CT molecular complexity index is 1380. The van der Waals surface area contributed by atoms with Gasteiger partial charge in [0, 0.05) is 17.8 Å². The van der Waals surface area contributed by atoms with Gasteiger partial charge in [-0.2, -0.15) is 0 Å². The molecule has 0 aliphatic carbocycles. The highest BCUT2D eigenvalue weighted by Crippen LogP contribution is 2.33. The number of carboxylic acid groups (broad SMARTS) is 2. The topological polar surface area (TPSA) is 156 Å². The minimum atomic E-state index is -2.27. The molecule has 1 aromatic heterocycles. The number of Topliss-reactive ketones (excluding diaryl/α,β-unsaturated/α-hetero) is 1. The summed E-state index contributed by atoms with van der Waals surface area (Å²) in [4.78, 5) is 34.0. The lowest BCUT2D eigenvalue weighted by molar-refractivity contribution is -0.165. The molecule has 0 saturated carbocycles. The first-order chi connectivity index (χ1) is 19.8. The second-order valence-electron chi connectivity index (χ2n) is 11.3. The molecule has 1 aliphatic heterocycles. The van der Waals surface area contributed by atoms with Crippen LogP contribution in [0.2, 0.25) is 5.02 Å². The molecule has 0 fully saturated rings. The number of aliphatic carboxylic acids is 2. The fourth-order valence-electron chi connectivity index (χ4n) is 4.39. The van der Waals surface area contributed by atoms with Gasteiger partial charge in [-0.3, -0.25) is 4.79 Å². The summed E-state index contributed by atoms with van der Waals surface area (Å²) in [5, 5.41) is 40.4. The molecule has 1 aliphatic rings. The van der Waals surface area contributed by atoms with Gasteiger partial charge in [-0.1, -0.05) is 62.7 Å². The van der Waals surface area contributed by atoms with E-state index in [1.165, 1.54) is 16.7 Å². The van der Waals surface area contributed by atoms with E-state index in [9.17, 15) is 14.4 Å². The first kappa shape index (κ1) is 33.2. The van der Waals surface area contributed by atoms with Gasteiger partial charge in [0.25, 0.3) is 0 Å². The minimum Gasteiger partial charge on any atom is -0.479 e. The van der Waals surface area contributed by atoms with Crippen molar-refractivity contribution < 1.29 is 34.8 Å². The largest absolute Gasteiger partial charge is 0.479 e. The van der Waals surface area contributed by atoms with Crippen LogP contribution in [0.1, 0.15) is 53.6 Å². The van der Waals surface area contributed by atoms with Gasteiger partial charge in [0.1, 0.15) is 0 Å². The molecule has 0 saturated heterocycles. The molecule has 6 N–H and O–H groups in total. The highest BCUT2D eigenvalue weighted by atomic mass is 35.5. The number of nitrogens with one attached hydrogen (secondary N) is 2. The van der Waals surface area contributed by atoms with Crippen molar-refractivity contribution in [3.8, 4) is 10.4 Å². The number of anilines is 1. The maximum absolute atomic E-state index is 12.5. The summed E-state index contributed by atoms with van der Waals surface area (Å²) in [6.45, 7) is 9.03. The van der Waals surface area contributed by atoms with Gasteiger partial charge in [-0.25, -0.2) is 9.59 Å². The van der Waals surface area contributed by atoms with Gasteiger partial charge in [0.05, 0.1) is 15.6 Å². The molecule has 0 spiro atoms. The van der Waals surface area contributed by atoms with E-state index in [0.29, 0.717) is 6.42 Å². The van der Waals surface area contributed by atoms with Gasteiger partial charge in [0.2, 0.25) is 0 Å². The highest BCUT2D eigenvalue weighted by Gasteiger charge is 2.29. The number of hydrogen-bond acceptors (Lipinski definition) is 8. The van der Waals surface area contributed by atoms with Gasteiger partial charge < -0.3 is 31.1 Å². The second kappa shape index (κ2) is 14.8. The third kappa shape index (κ3) is 9.37. The van der Waals surface area contributed by atoms with Gasteiger partial charge >= 0.3 is 11.9 Å². The lowest BCUT2D eigenvalue weighted by atomic mass is 9.89. The number of thiophene rings is 1. The summed E-state index contributed by atoms with van der Waals surface area (Å²) in [7, 11) is 0. The molecule has 42 heavy (non-hydrogen) atoms. The number of fused-ring (bicyclic) bond motifs is 1. The Morgan fingerprint density at radius 3 is 2.14 bits per heavy atom. The lowest BCUT2D eigenvalue weighted by Crippen LogP contribution is -2.39. The molecule has 0 amide bonds. The first-order valence-electron chi connectivity index (χ1n) is 13.6. The first-order valence-corrected chi connectivity index (χ1v) is 14.7.